The van der Waals surface area contributed by atoms with E-state index in [9.17, 15) is 23.1 Å². The van der Waals surface area contributed by atoms with E-state index in [1.807, 2.05) is 9.97 Å². The van der Waals surface area contributed by atoms with Crippen LogP contribution in [0.3, 0.4) is 0 Å². The minimum Gasteiger partial charge on any atom is -0.497 e. The average molecular weight is 452 g/mol. The van der Waals surface area contributed by atoms with Gasteiger partial charge in [0.25, 0.3) is 15.6 Å². The van der Waals surface area contributed by atoms with Crippen molar-refractivity contribution in [3.8, 4) is 11.6 Å². The fourth-order valence-electron chi connectivity index (χ4n) is 2.30. The van der Waals surface area contributed by atoms with Crippen LogP contribution < -0.4 is 20.7 Å². The van der Waals surface area contributed by atoms with E-state index in [1.54, 1.807) is 12.1 Å². The van der Waals surface area contributed by atoms with E-state index >= 15 is 0 Å². The lowest BCUT2D eigenvalue weighted by molar-refractivity contribution is 0.415. The van der Waals surface area contributed by atoms with Crippen LogP contribution >= 0.6 is 11.6 Å². The van der Waals surface area contributed by atoms with Gasteiger partial charge < -0.3 is 9.84 Å². The van der Waals surface area contributed by atoms with Crippen LogP contribution in [0.15, 0.2) is 67.2 Å². The van der Waals surface area contributed by atoms with Gasteiger partial charge in [0.1, 0.15) is 10.6 Å². The number of anilines is 1. The molecule has 0 bridgehead atoms. The Labute approximate surface area is 174 Å². The number of azo groups is 1. The molecule has 0 unspecified atom stereocenters. The lowest BCUT2D eigenvalue weighted by Crippen LogP contribution is -2.20. The highest BCUT2D eigenvalue weighted by atomic mass is 35.5. The van der Waals surface area contributed by atoms with Gasteiger partial charge >= 0.3 is 5.69 Å². The van der Waals surface area contributed by atoms with E-state index in [2.05, 4.69) is 15.0 Å². The van der Waals surface area contributed by atoms with E-state index in [0.29, 0.717) is 5.75 Å². The van der Waals surface area contributed by atoms with Crippen LogP contribution in [0.4, 0.5) is 17.1 Å². The van der Waals surface area contributed by atoms with Gasteiger partial charge in [-0.05, 0) is 42.5 Å². The molecule has 0 aliphatic carbocycles. The van der Waals surface area contributed by atoms with Crippen LogP contribution in [-0.4, -0.2) is 30.6 Å². The van der Waals surface area contributed by atoms with Crippen molar-refractivity contribution in [3.05, 3.63) is 68.3 Å². The van der Waals surface area contributed by atoms with Crippen molar-refractivity contribution in [1.29, 1.82) is 0 Å². The van der Waals surface area contributed by atoms with Gasteiger partial charge in [-0.25, -0.2) is 13.2 Å². The molecule has 0 atom stereocenters. The maximum Gasteiger partial charge on any atom is 0.328 e. The largest absolute Gasteiger partial charge is 0.497 e. The standard InChI is InChI=1S/C17H14ClN5O6S/c1-29-11-5-2-9(3-6-11)23-30(27,28)13-8-10(4-7-12(13)18)21-22-14-15(24)19-17(26)20-16(14)25/h2-8,23H,1H3,(H3,19,20,24,25,26). The highest BCUT2D eigenvalue weighted by Gasteiger charge is 2.19. The number of benzene rings is 2. The zero-order chi connectivity index (χ0) is 21.9. The predicted molar refractivity (Wildman–Crippen MR) is 109 cm³/mol. The molecule has 0 aliphatic heterocycles. The van der Waals surface area contributed by atoms with E-state index in [0.717, 1.165) is 6.07 Å². The summed E-state index contributed by atoms with van der Waals surface area (Å²) in [5.41, 5.74) is -2.13. The van der Waals surface area contributed by atoms with Crippen LogP contribution in [0.2, 0.25) is 5.02 Å². The van der Waals surface area contributed by atoms with Crippen molar-refractivity contribution in [2.45, 2.75) is 4.90 Å². The molecule has 3 aromatic rings. The Bertz CT molecular complexity index is 1330. The maximum atomic E-state index is 12.7. The molecule has 156 valence electrons. The fourth-order valence-corrected chi connectivity index (χ4v) is 3.88. The van der Waals surface area contributed by atoms with E-state index < -0.39 is 32.8 Å². The number of H-pyrrole nitrogens is 2. The Kier molecular flexibility index (Phi) is 5.89. The third-order valence-electron chi connectivity index (χ3n) is 3.71. The number of rotatable bonds is 6. The number of hydrogen-bond acceptors (Lipinski definition) is 8. The second-order valence-corrected chi connectivity index (χ2v) is 7.81. The zero-order valence-corrected chi connectivity index (χ0v) is 16.8. The lowest BCUT2D eigenvalue weighted by Gasteiger charge is -2.10. The van der Waals surface area contributed by atoms with Crippen molar-refractivity contribution < 1.29 is 18.3 Å². The van der Waals surface area contributed by atoms with Crippen LogP contribution in [0.1, 0.15) is 0 Å². The molecule has 0 aliphatic rings. The number of halogens is 1. The van der Waals surface area contributed by atoms with Gasteiger partial charge in [0.15, 0.2) is 0 Å². The summed E-state index contributed by atoms with van der Waals surface area (Å²) < 4.78 is 32.8. The van der Waals surface area contributed by atoms with Gasteiger partial charge in [-0.3, -0.25) is 19.5 Å². The molecule has 1 heterocycles. The molecule has 0 fully saturated rings. The Morgan fingerprint density at radius 3 is 2.40 bits per heavy atom. The summed E-state index contributed by atoms with van der Waals surface area (Å²) >= 11 is 6.03. The zero-order valence-electron chi connectivity index (χ0n) is 15.2. The second kappa shape index (κ2) is 8.39. The third-order valence-corrected chi connectivity index (χ3v) is 5.57. The summed E-state index contributed by atoms with van der Waals surface area (Å²) in [5, 5.41) is 16.8. The summed E-state index contributed by atoms with van der Waals surface area (Å²) in [5.74, 6) is -0.227. The number of hydrogen-bond donors (Lipinski definition) is 4. The summed E-state index contributed by atoms with van der Waals surface area (Å²) in [6.07, 6.45) is 0. The van der Waals surface area contributed by atoms with Gasteiger partial charge in [-0.1, -0.05) is 11.6 Å². The fraction of sp³-hybridized carbons (Fsp3) is 0.0588. The Morgan fingerprint density at radius 1 is 1.07 bits per heavy atom. The highest BCUT2D eigenvalue weighted by molar-refractivity contribution is 7.92. The van der Waals surface area contributed by atoms with E-state index in [-0.39, 0.29) is 21.3 Å². The Morgan fingerprint density at radius 2 is 1.77 bits per heavy atom. The lowest BCUT2D eigenvalue weighted by atomic mass is 10.3. The predicted octanol–water partition coefficient (Wildman–Crippen LogP) is 2.65. The van der Waals surface area contributed by atoms with Crippen molar-refractivity contribution in [1.82, 2.24) is 9.97 Å². The molecule has 11 nitrogen and oxygen atoms in total. The normalized spacial score (nSPS) is 11.5. The molecule has 0 saturated heterocycles. The van der Waals surface area contributed by atoms with Crippen LogP contribution in [0.5, 0.6) is 11.6 Å². The molecular formula is C17H14ClN5O6S. The minimum absolute atomic E-state index is 0.0273. The summed E-state index contributed by atoms with van der Waals surface area (Å²) in [4.78, 5) is 26.3. The molecule has 2 aromatic carbocycles. The third kappa shape index (κ3) is 4.67. The summed E-state index contributed by atoms with van der Waals surface area (Å²) in [7, 11) is -2.59. The van der Waals surface area contributed by atoms with Gasteiger partial charge in [0.2, 0.25) is 11.6 Å². The van der Waals surface area contributed by atoms with Crippen LogP contribution in [0.25, 0.3) is 0 Å². The number of ether oxygens (including phenoxy) is 1. The van der Waals surface area contributed by atoms with Gasteiger partial charge in [-0.2, -0.15) is 5.11 Å². The second-order valence-electron chi connectivity index (χ2n) is 5.75. The number of aromatic amines is 2. The first-order chi connectivity index (χ1) is 14.2. The summed E-state index contributed by atoms with van der Waals surface area (Å²) in [6.45, 7) is 0. The molecule has 0 saturated carbocycles. The van der Waals surface area contributed by atoms with Crippen molar-refractivity contribution >= 4 is 38.7 Å². The topological polar surface area (TPSA) is 166 Å². The molecule has 0 spiro atoms. The smallest absolute Gasteiger partial charge is 0.328 e. The van der Waals surface area contributed by atoms with Gasteiger partial charge in [-0.15, -0.1) is 5.11 Å². The molecule has 13 heteroatoms. The highest BCUT2D eigenvalue weighted by Crippen LogP contribution is 2.29. The first-order valence-corrected chi connectivity index (χ1v) is 9.99. The molecule has 0 amide bonds. The molecule has 4 N–H and O–H groups in total. The number of sulfonamides is 1. The molecule has 0 radical (unpaired) electrons. The monoisotopic (exact) mass is 451 g/mol. The quantitative estimate of drug-likeness (QED) is 0.420. The molecule has 30 heavy (non-hydrogen) atoms. The minimum atomic E-state index is -4.08. The first-order valence-electron chi connectivity index (χ1n) is 8.13. The maximum absolute atomic E-state index is 12.7. The molecular weight excluding hydrogens is 438 g/mol. The van der Waals surface area contributed by atoms with E-state index in [1.165, 1.54) is 31.4 Å². The van der Waals surface area contributed by atoms with Gasteiger partial charge in [0.05, 0.1) is 17.8 Å². The Hall–Kier alpha value is -3.64. The van der Waals surface area contributed by atoms with Crippen molar-refractivity contribution in [2.75, 3.05) is 11.8 Å². The Balaban J connectivity index is 1.92. The van der Waals surface area contributed by atoms with Crippen LogP contribution in [0, 0.1) is 0 Å². The number of methoxy groups -OCH3 is 1. The summed E-state index contributed by atoms with van der Waals surface area (Å²) in [6, 6.07) is 9.97. The van der Waals surface area contributed by atoms with Crippen molar-refractivity contribution in [3.63, 3.8) is 0 Å². The number of aromatic hydroxyl groups is 1. The number of nitrogens with zero attached hydrogens (tertiary/aromatic N) is 2. The SMILES string of the molecule is COc1ccc(NS(=O)(=O)c2cc(N=Nc3c(O)[nH]c(=O)[nH]c3=O)ccc2Cl)cc1. The van der Waals surface area contributed by atoms with Gasteiger partial charge in [0, 0.05) is 5.69 Å². The van der Waals surface area contributed by atoms with Crippen molar-refractivity contribution in [2.24, 2.45) is 10.2 Å². The first kappa shape index (κ1) is 21.1. The molecule has 1 aromatic heterocycles. The van der Waals surface area contributed by atoms with Crippen LogP contribution in [-0.2, 0) is 10.0 Å². The number of aromatic nitrogens is 2. The number of nitrogens with one attached hydrogen (secondary N) is 3. The van der Waals surface area contributed by atoms with E-state index in [4.69, 9.17) is 16.3 Å². The average Bonchev–Trinajstić information content (AvgIpc) is 2.68. The molecule has 3 rings (SSSR count).